The zero-order valence-electron chi connectivity index (χ0n) is 14.6. The molecule has 134 valence electrons. The van der Waals surface area contributed by atoms with Crippen molar-refractivity contribution in [3.05, 3.63) is 36.0 Å². The standard InChI is InChI=1S/C20H30O4/c1-2-3-4-5-6-9-12-16-17(19(22)15-18(16)21)13-10-7-8-11-14-20(23)24/h6-7,9-10,12,17,19,22H,2-5,8,11,13-15H2,1H3,(H,23,24)/t17-,19+/m1/s1. The number of allylic oxidation sites excluding steroid dienone is 5. The second kappa shape index (κ2) is 11.8. The van der Waals surface area contributed by atoms with Crippen molar-refractivity contribution in [2.75, 3.05) is 0 Å². The number of aliphatic hydroxyl groups is 1. The van der Waals surface area contributed by atoms with Gasteiger partial charge in [0.15, 0.2) is 5.78 Å². The summed E-state index contributed by atoms with van der Waals surface area (Å²) in [4.78, 5) is 22.5. The lowest BCUT2D eigenvalue weighted by Crippen LogP contribution is -2.13. The molecule has 2 atom stereocenters. The zero-order valence-corrected chi connectivity index (χ0v) is 14.6. The molecule has 1 saturated carbocycles. The largest absolute Gasteiger partial charge is 0.481 e. The lowest BCUT2D eigenvalue weighted by atomic mass is 9.96. The van der Waals surface area contributed by atoms with E-state index in [2.05, 4.69) is 13.0 Å². The molecule has 4 heteroatoms. The van der Waals surface area contributed by atoms with Gasteiger partial charge in [-0.2, -0.15) is 0 Å². The van der Waals surface area contributed by atoms with Gasteiger partial charge in [0, 0.05) is 24.3 Å². The first kappa shape index (κ1) is 20.4. The van der Waals surface area contributed by atoms with Crippen molar-refractivity contribution in [1.29, 1.82) is 0 Å². The van der Waals surface area contributed by atoms with Crippen molar-refractivity contribution in [2.24, 2.45) is 5.92 Å². The van der Waals surface area contributed by atoms with Crippen molar-refractivity contribution >= 4 is 11.8 Å². The molecular weight excluding hydrogens is 304 g/mol. The van der Waals surface area contributed by atoms with Crippen LogP contribution in [0.1, 0.15) is 64.7 Å². The number of aliphatic carboxylic acids is 1. The number of carbonyl (C=O) groups is 2. The summed E-state index contributed by atoms with van der Waals surface area (Å²) in [6, 6.07) is 0. The molecule has 0 heterocycles. The van der Waals surface area contributed by atoms with Crippen LogP contribution in [0.25, 0.3) is 0 Å². The normalized spacial score (nSPS) is 23.1. The number of ketones is 1. The van der Waals surface area contributed by atoms with Crippen molar-refractivity contribution < 1.29 is 19.8 Å². The molecule has 2 N–H and O–H groups in total. The highest BCUT2D eigenvalue weighted by Gasteiger charge is 2.35. The molecule has 0 aromatic heterocycles. The van der Waals surface area contributed by atoms with Gasteiger partial charge < -0.3 is 10.2 Å². The van der Waals surface area contributed by atoms with Crippen molar-refractivity contribution in [3.8, 4) is 0 Å². The van der Waals surface area contributed by atoms with Crippen LogP contribution in [0.4, 0.5) is 0 Å². The van der Waals surface area contributed by atoms with Crippen LogP contribution in [-0.4, -0.2) is 28.1 Å². The SMILES string of the molecule is CCCCCC=CC=C1C(=O)C[C@H](O)[C@@H]1CC=CCCCC(=O)O. The van der Waals surface area contributed by atoms with Gasteiger partial charge in [0.1, 0.15) is 0 Å². The molecule has 0 aliphatic heterocycles. The van der Waals surface area contributed by atoms with E-state index in [0.29, 0.717) is 24.8 Å². The third kappa shape index (κ3) is 7.73. The van der Waals surface area contributed by atoms with Crippen LogP contribution in [0.15, 0.2) is 36.0 Å². The summed E-state index contributed by atoms with van der Waals surface area (Å²) in [5.41, 5.74) is 0.712. The third-order valence-electron chi connectivity index (χ3n) is 4.28. The molecule has 0 radical (unpaired) electrons. The number of Topliss-reactive ketones (excluding diaryl/α,β-unsaturated/α-hetero) is 1. The van der Waals surface area contributed by atoms with E-state index in [1.54, 1.807) is 0 Å². The molecule has 1 aliphatic carbocycles. The summed E-state index contributed by atoms with van der Waals surface area (Å²) in [5, 5.41) is 18.7. The summed E-state index contributed by atoms with van der Waals surface area (Å²) in [6.45, 7) is 2.17. The Balaban J connectivity index is 2.48. The van der Waals surface area contributed by atoms with E-state index in [0.717, 1.165) is 12.8 Å². The van der Waals surface area contributed by atoms with Crippen LogP contribution >= 0.6 is 0 Å². The summed E-state index contributed by atoms with van der Waals surface area (Å²) >= 11 is 0. The molecule has 0 spiro atoms. The van der Waals surface area contributed by atoms with E-state index in [9.17, 15) is 14.7 Å². The fourth-order valence-electron chi connectivity index (χ4n) is 2.88. The van der Waals surface area contributed by atoms with Crippen LogP contribution in [0.2, 0.25) is 0 Å². The average molecular weight is 334 g/mol. The molecule has 1 aliphatic rings. The Labute approximate surface area is 145 Å². The number of carbonyl (C=O) groups excluding carboxylic acids is 1. The molecule has 0 saturated heterocycles. The first-order valence-electron chi connectivity index (χ1n) is 9.01. The van der Waals surface area contributed by atoms with Gasteiger partial charge in [-0.1, -0.05) is 50.1 Å². The van der Waals surface area contributed by atoms with Crippen molar-refractivity contribution in [3.63, 3.8) is 0 Å². The van der Waals surface area contributed by atoms with Crippen LogP contribution in [0.3, 0.4) is 0 Å². The Hall–Kier alpha value is -1.68. The number of aliphatic hydroxyl groups excluding tert-OH is 1. The molecule has 0 aromatic rings. The molecule has 0 bridgehead atoms. The maximum atomic E-state index is 12.0. The summed E-state index contributed by atoms with van der Waals surface area (Å²) in [7, 11) is 0. The average Bonchev–Trinajstić information content (AvgIpc) is 2.80. The quantitative estimate of drug-likeness (QED) is 0.337. The molecule has 0 amide bonds. The fraction of sp³-hybridized carbons (Fsp3) is 0.600. The first-order valence-corrected chi connectivity index (χ1v) is 9.01. The summed E-state index contributed by atoms with van der Waals surface area (Å²) in [6.07, 6.45) is 16.1. The number of carboxylic acid groups (broad SMARTS) is 1. The van der Waals surface area contributed by atoms with Gasteiger partial charge in [0.2, 0.25) is 0 Å². The van der Waals surface area contributed by atoms with Gasteiger partial charge in [-0.3, -0.25) is 9.59 Å². The van der Waals surface area contributed by atoms with Crippen molar-refractivity contribution in [2.45, 2.75) is 70.8 Å². The highest BCUT2D eigenvalue weighted by atomic mass is 16.4. The first-order chi connectivity index (χ1) is 11.6. The molecule has 0 aromatic carbocycles. The summed E-state index contributed by atoms with van der Waals surface area (Å²) in [5.74, 6) is -0.894. The highest BCUT2D eigenvalue weighted by molar-refractivity contribution is 5.99. The number of hydrogen-bond donors (Lipinski definition) is 2. The van der Waals surface area contributed by atoms with E-state index >= 15 is 0 Å². The van der Waals surface area contributed by atoms with E-state index in [1.807, 2.05) is 24.3 Å². The Morgan fingerprint density at radius 3 is 2.62 bits per heavy atom. The molecular formula is C20H30O4. The molecule has 1 rings (SSSR count). The molecule has 0 unspecified atom stereocenters. The third-order valence-corrected chi connectivity index (χ3v) is 4.28. The second-order valence-corrected chi connectivity index (χ2v) is 6.34. The predicted octanol–water partition coefficient (Wildman–Crippen LogP) is 4.20. The molecule has 4 nitrogen and oxygen atoms in total. The Morgan fingerprint density at radius 1 is 1.17 bits per heavy atom. The van der Waals surface area contributed by atoms with Gasteiger partial charge in [-0.05, 0) is 32.1 Å². The number of hydrogen-bond acceptors (Lipinski definition) is 3. The smallest absolute Gasteiger partial charge is 0.303 e. The van der Waals surface area contributed by atoms with E-state index in [-0.39, 0.29) is 24.5 Å². The van der Waals surface area contributed by atoms with E-state index in [1.165, 1.54) is 12.8 Å². The van der Waals surface area contributed by atoms with Crippen LogP contribution in [0.5, 0.6) is 0 Å². The topological polar surface area (TPSA) is 74.6 Å². The lowest BCUT2D eigenvalue weighted by molar-refractivity contribution is -0.137. The van der Waals surface area contributed by atoms with Crippen LogP contribution < -0.4 is 0 Å². The van der Waals surface area contributed by atoms with Crippen LogP contribution in [0, 0.1) is 5.92 Å². The minimum absolute atomic E-state index is 0.0324. The molecule has 24 heavy (non-hydrogen) atoms. The van der Waals surface area contributed by atoms with E-state index in [4.69, 9.17) is 5.11 Å². The van der Waals surface area contributed by atoms with Gasteiger partial charge in [-0.25, -0.2) is 0 Å². The maximum absolute atomic E-state index is 12.0. The highest BCUT2D eigenvalue weighted by Crippen LogP contribution is 2.31. The monoisotopic (exact) mass is 334 g/mol. The lowest BCUT2D eigenvalue weighted by Gasteiger charge is -2.12. The zero-order chi connectivity index (χ0) is 17.8. The minimum atomic E-state index is -0.781. The number of unbranched alkanes of at least 4 members (excludes halogenated alkanes) is 4. The predicted molar refractivity (Wildman–Crippen MR) is 95.7 cm³/mol. The maximum Gasteiger partial charge on any atom is 0.303 e. The van der Waals surface area contributed by atoms with Gasteiger partial charge in [-0.15, -0.1) is 0 Å². The van der Waals surface area contributed by atoms with Gasteiger partial charge in [0.05, 0.1) is 6.10 Å². The minimum Gasteiger partial charge on any atom is -0.481 e. The fourth-order valence-corrected chi connectivity index (χ4v) is 2.88. The van der Waals surface area contributed by atoms with Crippen molar-refractivity contribution in [1.82, 2.24) is 0 Å². The van der Waals surface area contributed by atoms with Gasteiger partial charge in [0.25, 0.3) is 0 Å². The summed E-state index contributed by atoms with van der Waals surface area (Å²) < 4.78 is 0. The number of rotatable bonds is 11. The molecule has 1 fully saturated rings. The Kier molecular flexibility index (Phi) is 10.0. The van der Waals surface area contributed by atoms with E-state index < -0.39 is 12.1 Å². The number of carboxylic acids is 1. The van der Waals surface area contributed by atoms with Gasteiger partial charge >= 0.3 is 5.97 Å². The Bertz CT molecular complexity index is 488. The second-order valence-electron chi connectivity index (χ2n) is 6.34. The van der Waals surface area contributed by atoms with Crippen LogP contribution in [-0.2, 0) is 9.59 Å². The Morgan fingerprint density at radius 2 is 1.92 bits per heavy atom.